The molecule has 0 radical (unpaired) electrons. The predicted octanol–water partition coefficient (Wildman–Crippen LogP) is 2.84. The molecule has 0 heterocycles. The standard InChI is InChI=1S/C13H16F3NO4S/c1-2-10(8-9-12(18)19)17(13(14,15)16)22(20,21)11-6-4-3-5-7-11/h3-7,10H,2,8-9H2,1H3,(H,18,19). The van der Waals surface area contributed by atoms with Crippen molar-refractivity contribution in [1.82, 2.24) is 4.31 Å². The van der Waals surface area contributed by atoms with Crippen molar-refractivity contribution in [2.75, 3.05) is 0 Å². The predicted molar refractivity (Wildman–Crippen MR) is 72.5 cm³/mol. The Hall–Kier alpha value is -1.61. The number of benzene rings is 1. The number of carbonyl (C=O) groups is 1. The van der Waals surface area contributed by atoms with Crippen molar-refractivity contribution in [3.05, 3.63) is 30.3 Å². The number of rotatable bonds is 7. The number of nitrogens with zero attached hydrogens (tertiary/aromatic N) is 1. The Balaban J connectivity index is 3.25. The number of sulfonamides is 1. The Morgan fingerprint density at radius 3 is 2.23 bits per heavy atom. The van der Waals surface area contributed by atoms with Crippen molar-refractivity contribution < 1.29 is 31.5 Å². The van der Waals surface area contributed by atoms with Crippen molar-refractivity contribution in [3.63, 3.8) is 0 Å². The summed E-state index contributed by atoms with van der Waals surface area (Å²) in [6, 6.07) is 4.79. The van der Waals surface area contributed by atoms with Gasteiger partial charge in [0, 0.05) is 12.5 Å². The van der Waals surface area contributed by atoms with Crippen LogP contribution < -0.4 is 0 Å². The molecule has 22 heavy (non-hydrogen) atoms. The molecule has 0 fully saturated rings. The van der Waals surface area contributed by atoms with Crippen LogP contribution in [0.15, 0.2) is 35.2 Å². The topological polar surface area (TPSA) is 74.7 Å². The zero-order chi connectivity index (χ0) is 17.0. The first kappa shape index (κ1) is 18.4. The van der Waals surface area contributed by atoms with Crippen molar-refractivity contribution in [1.29, 1.82) is 0 Å². The largest absolute Gasteiger partial charge is 0.481 e. The van der Waals surface area contributed by atoms with E-state index in [1.807, 2.05) is 0 Å². The van der Waals surface area contributed by atoms with Gasteiger partial charge in [-0.2, -0.15) is 13.2 Å². The van der Waals surface area contributed by atoms with Gasteiger partial charge in [-0.15, -0.1) is 4.31 Å². The molecule has 0 bridgehead atoms. The third-order valence-electron chi connectivity index (χ3n) is 3.04. The van der Waals surface area contributed by atoms with Crippen LogP contribution in [-0.2, 0) is 14.8 Å². The van der Waals surface area contributed by atoms with Gasteiger partial charge in [0.1, 0.15) is 0 Å². The third kappa shape index (κ3) is 4.44. The molecule has 0 spiro atoms. The van der Waals surface area contributed by atoms with Crippen LogP contribution in [0.25, 0.3) is 0 Å². The van der Waals surface area contributed by atoms with E-state index in [4.69, 9.17) is 5.11 Å². The smallest absolute Gasteiger partial charge is 0.473 e. The van der Waals surface area contributed by atoms with E-state index in [0.717, 1.165) is 12.1 Å². The lowest BCUT2D eigenvalue weighted by molar-refractivity contribution is -0.222. The zero-order valence-corrected chi connectivity index (χ0v) is 12.6. The number of hydrogen-bond acceptors (Lipinski definition) is 3. The minimum atomic E-state index is -5.13. The van der Waals surface area contributed by atoms with Gasteiger partial charge in [-0.25, -0.2) is 8.42 Å². The molecule has 1 rings (SSSR count). The highest BCUT2D eigenvalue weighted by Gasteiger charge is 2.49. The molecular weight excluding hydrogens is 323 g/mol. The van der Waals surface area contributed by atoms with E-state index in [0.29, 0.717) is 0 Å². The highest BCUT2D eigenvalue weighted by atomic mass is 32.2. The van der Waals surface area contributed by atoms with Crippen LogP contribution in [0.5, 0.6) is 0 Å². The van der Waals surface area contributed by atoms with E-state index < -0.39 is 50.4 Å². The third-order valence-corrected chi connectivity index (χ3v) is 4.94. The van der Waals surface area contributed by atoms with Crippen LogP contribution in [-0.4, -0.2) is 36.1 Å². The summed E-state index contributed by atoms with van der Waals surface area (Å²) in [5, 5.41) is 8.61. The van der Waals surface area contributed by atoms with E-state index in [1.165, 1.54) is 25.1 Å². The van der Waals surface area contributed by atoms with E-state index in [2.05, 4.69) is 0 Å². The monoisotopic (exact) mass is 339 g/mol. The quantitative estimate of drug-likeness (QED) is 0.775. The summed E-state index contributed by atoms with van der Waals surface area (Å²) in [6.07, 6.45) is -6.25. The summed E-state index contributed by atoms with van der Waals surface area (Å²) in [5.74, 6) is -1.28. The Bertz CT molecular complexity index is 601. The number of aliphatic carboxylic acids is 1. The Labute approximate surface area is 126 Å². The summed E-state index contributed by atoms with van der Waals surface area (Å²) in [7, 11) is -4.80. The molecule has 0 saturated heterocycles. The van der Waals surface area contributed by atoms with E-state index in [9.17, 15) is 26.4 Å². The molecule has 0 aliphatic carbocycles. The normalized spacial score (nSPS) is 14.0. The second kappa shape index (κ2) is 7.10. The molecule has 1 unspecified atom stereocenters. The van der Waals surface area contributed by atoms with Gasteiger partial charge in [0.25, 0.3) is 0 Å². The summed E-state index contributed by atoms with van der Waals surface area (Å²) in [6.45, 7) is 1.38. The lowest BCUT2D eigenvalue weighted by Crippen LogP contribution is -2.49. The summed E-state index contributed by atoms with van der Waals surface area (Å²) in [5.41, 5.74) is 0. The summed E-state index contributed by atoms with van der Waals surface area (Å²) >= 11 is 0. The molecule has 9 heteroatoms. The maximum Gasteiger partial charge on any atom is 0.473 e. The molecule has 0 saturated carbocycles. The Morgan fingerprint density at radius 2 is 1.82 bits per heavy atom. The van der Waals surface area contributed by atoms with Crippen LogP contribution in [0.2, 0.25) is 0 Å². The van der Waals surface area contributed by atoms with Gasteiger partial charge in [0.2, 0.25) is 10.0 Å². The van der Waals surface area contributed by atoms with Crippen molar-refractivity contribution >= 4 is 16.0 Å². The van der Waals surface area contributed by atoms with Gasteiger partial charge in [0.15, 0.2) is 0 Å². The maximum absolute atomic E-state index is 13.3. The molecule has 1 aromatic rings. The SMILES string of the molecule is CCC(CCC(=O)O)N(C(F)(F)F)S(=O)(=O)c1ccccc1. The fourth-order valence-corrected chi connectivity index (χ4v) is 3.67. The number of carboxylic acid groups (broad SMARTS) is 1. The first-order valence-corrected chi connectivity index (χ1v) is 7.92. The summed E-state index contributed by atoms with van der Waals surface area (Å²) in [4.78, 5) is 10.1. The maximum atomic E-state index is 13.3. The van der Waals surface area contributed by atoms with Gasteiger partial charge in [-0.05, 0) is 25.0 Å². The highest BCUT2D eigenvalue weighted by Crippen LogP contribution is 2.33. The van der Waals surface area contributed by atoms with Crippen LogP contribution >= 0.6 is 0 Å². The first-order valence-electron chi connectivity index (χ1n) is 6.48. The van der Waals surface area contributed by atoms with E-state index in [1.54, 1.807) is 0 Å². The molecule has 124 valence electrons. The number of alkyl halides is 3. The van der Waals surface area contributed by atoms with Gasteiger partial charge < -0.3 is 5.11 Å². The fourth-order valence-electron chi connectivity index (χ4n) is 2.02. The Morgan fingerprint density at radius 1 is 1.27 bits per heavy atom. The van der Waals surface area contributed by atoms with Gasteiger partial charge in [-0.3, -0.25) is 4.79 Å². The second-order valence-corrected chi connectivity index (χ2v) is 6.39. The minimum Gasteiger partial charge on any atom is -0.481 e. The second-order valence-electron chi connectivity index (χ2n) is 4.58. The van der Waals surface area contributed by atoms with E-state index >= 15 is 0 Å². The average molecular weight is 339 g/mol. The highest BCUT2D eigenvalue weighted by molar-refractivity contribution is 7.89. The molecule has 0 aliphatic heterocycles. The molecule has 0 amide bonds. The minimum absolute atomic E-state index is 0.154. The molecule has 1 N–H and O–H groups in total. The number of halogens is 3. The molecule has 0 aliphatic rings. The van der Waals surface area contributed by atoms with Crippen LogP contribution in [0.1, 0.15) is 26.2 Å². The number of carboxylic acids is 1. The zero-order valence-electron chi connectivity index (χ0n) is 11.7. The fraction of sp³-hybridized carbons (Fsp3) is 0.462. The molecule has 1 aromatic carbocycles. The van der Waals surface area contributed by atoms with Gasteiger partial charge >= 0.3 is 12.3 Å². The van der Waals surface area contributed by atoms with Crippen molar-refractivity contribution in [2.24, 2.45) is 0 Å². The van der Waals surface area contributed by atoms with E-state index in [-0.39, 0.29) is 6.42 Å². The van der Waals surface area contributed by atoms with Crippen molar-refractivity contribution in [2.45, 2.75) is 43.4 Å². The lowest BCUT2D eigenvalue weighted by atomic mass is 10.1. The van der Waals surface area contributed by atoms with Gasteiger partial charge in [0.05, 0.1) is 4.90 Å². The number of hydrogen-bond donors (Lipinski definition) is 1. The molecule has 1 atom stereocenters. The van der Waals surface area contributed by atoms with Crippen LogP contribution in [0, 0.1) is 0 Å². The summed E-state index contributed by atoms with van der Waals surface area (Å²) < 4.78 is 63.8. The van der Waals surface area contributed by atoms with Crippen LogP contribution in [0.3, 0.4) is 0 Å². The van der Waals surface area contributed by atoms with Crippen molar-refractivity contribution in [3.8, 4) is 0 Å². The Kier molecular flexibility index (Phi) is 5.95. The van der Waals surface area contributed by atoms with Gasteiger partial charge in [-0.1, -0.05) is 25.1 Å². The molecule has 0 aromatic heterocycles. The first-order chi connectivity index (χ1) is 10.1. The van der Waals surface area contributed by atoms with Crippen LogP contribution in [0.4, 0.5) is 13.2 Å². The lowest BCUT2D eigenvalue weighted by Gasteiger charge is -2.31. The average Bonchev–Trinajstić information content (AvgIpc) is 2.42. The molecule has 5 nitrogen and oxygen atoms in total. The molecular formula is C13H16F3NO4S.